The van der Waals surface area contributed by atoms with Crippen LogP contribution in [0.2, 0.25) is 5.02 Å². The van der Waals surface area contributed by atoms with Gasteiger partial charge in [0.1, 0.15) is 23.9 Å². The van der Waals surface area contributed by atoms with Crippen LogP contribution in [0, 0.1) is 0 Å². The molecule has 0 bridgehead atoms. The maximum Gasteiger partial charge on any atom is 0.416 e. The van der Waals surface area contributed by atoms with E-state index in [4.69, 9.17) is 20.8 Å². The number of ether oxygens (including phenoxy) is 1. The fraction of sp³-hybridized carbons (Fsp3) is 0.150. The van der Waals surface area contributed by atoms with Crippen LogP contribution in [-0.4, -0.2) is 9.55 Å². The van der Waals surface area contributed by atoms with Crippen molar-refractivity contribution in [2.75, 3.05) is 0 Å². The third-order valence-corrected chi connectivity index (χ3v) is 4.55. The minimum atomic E-state index is -4.44. The summed E-state index contributed by atoms with van der Waals surface area (Å²) in [6.45, 7) is 0.358. The molecule has 0 saturated heterocycles. The van der Waals surface area contributed by atoms with E-state index < -0.39 is 11.7 Å². The Morgan fingerprint density at radius 1 is 1.07 bits per heavy atom. The molecule has 4 aromatic rings. The third-order valence-electron chi connectivity index (χ3n) is 4.24. The first-order valence-corrected chi connectivity index (χ1v) is 8.76. The summed E-state index contributed by atoms with van der Waals surface area (Å²) in [6, 6.07) is 14.0. The first kappa shape index (κ1) is 18.4. The first-order valence-electron chi connectivity index (χ1n) is 8.38. The summed E-state index contributed by atoms with van der Waals surface area (Å²) in [5, 5.41) is 0.440. The standard InChI is InChI=1S/C20H14ClF3N2O2/c21-15-5-1-2-6-18(15)28-12-19-25-16-10-13(20(22,23)24)7-8-17(16)26(19)11-14-4-3-9-27-14/h1-10H,11-12H2. The second-order valence-corrected chi connectivity index (χ2v) is 6.52. The van der Waals surface area contributed by atoms with E-state index in [1.807, 2.05) is 0 Å². The summed E-state index contributed by atoms with van der Waals surface area (Å²) < 4.78 is 52.1. The van der Waals surface area contributed by atoms with Crippen LogP contribution in [0.4, 0.5) is 13.2 Å². The van der Waals surface area contributed by atoms with Crippen molar-refractivity contribution >= 4 is 22.6 Å². The molecular weight excluding hydrogens is 393 g/mol. The number of para-hydroxylation sites is 1. The molecule has 0 radical (unpaired) electrons. The number of aromatic nitrogens is 2. The van der Waals surface area contributed by atoms with Gasteiger partial charge >= 0.3 is 6.18 Å². The number of alkyl halides is 3. The van der Waals surface area contributed by atoms with Crippen molar-refractivity contribution in [2.24, 2.45) is 0 Å². The lowest BCUT2D eigenvalue weighted by Gasteiger charge is -2.10. The smallest absolute Gasteiger partial charge is 0.416 e. The highest BCUT2D eigenvalue weighted by molar-refractivity contribution is 6.32. The van der Waals surface area contributed by atoms with E-state index in [1.54, 1.807) is 41.0 Å². The molecule has 8 heteroatoms. The van der Waals surface area contributed by atoms with E-state index in [0.717, 1.165) is 12.1 Å². The van der Waals surface area contributed by atoms with Gasteiger partial charge in [0.25, 0.3) is 0 Å². The van der Waals surface area contributed by atoms with Crippen molar-refractivity contribution in [1.82, 2.24) is 9.55 Å². The number of fused-ring (bicyclic) bond motifs is 1. The van der Waals surface area contributed by atoms with Crippen molar-refractivity contribution in [1.29, 1.82) is 0 Å². The molecule has 0 aliphatic carbocycles. The second kappa shape index (κ2) is 7.24. The van der Waals surface area contributed by atoms with Gasteiger partial charge in [0.2, 0.25) is 0 Å². The van der Waals surface area contributed by atoms with Crippen LogP contribution in [0.1, 0.15) is 17.1 Å². The zero-order valence-corrected chi connectivity index (χ0v) is 15.2. The molecule has 2 aromatic carbocycles. The van der Waals surface area contributed by atoms with E-state index in [-0.39, 0.29) is 12.1 Å². The normalized spacial score (nSPS) is 11.9. The highest BCUT2D eigenvalue weighted by Crippen LogP contribution is 2.32. The predicted octanol–water partition coefficient (Wildman–Crippen LogP) is 5.93. The summed E-state index contributed by atoms with van der Waals surface area (Å²) in [5.41, 5.74) is 0.0440. The Kier molecular flexibility index (Phi) is 4.77. The third kappa shape index (κ3) is 3.71. The van der Waals surface area contributed by atoms with Gasteiger partial charge in [-0.2, -0.15) is 13.2 Å². The number of imidazole rings is 1. The fourth-order valence-electron chi connectivity index (χ4n) is 2.91. The average molecular weight is 407 g/mol. The lowest BCUT2D eigenvalue weighted by Crippen LogP contribution is -2.08. The van der Waals surface area contributed by atoms with Gasteiger partial charge in [-0.15, -0.1) is 0 Å². The zero-order chi connectivity index (χ0) is 19.7. The summed E-state index contributed by atoms with van der Waals surface area (Å²) >= 11 is 6.10. The van der Waals surface area contributed by atoms with Crippen molar-refractivity contribution in [3.63, 3.8) is 0 Å². The van der Waals surface area contributed by atoms with Crippen LogP contribution in [0.15, 0.2) is 65.3 Å². The van der Waals surface area contributed by atoms with Crippen molar-refractivity contribution in [2.45, 2.75) is 19.3 Å². The lowest BCUT2D eigenvalue weighted by atomic mass is 10.2. The maximum absolute atomic E-state index is 13.1. The Labute approximate surface area is 163 Å². The molecule has 28 heavy (non-hydrogen) atoms. The van der Waals surface area contributed by atoms with Gasteiger partial charge in [0, 0.05) is 0 Å². The number of benzene rings is 2. The quantitative estimate of drug-likeness (QED) is 0.412. The molecule has 0 unspecified atom stereocenters. The monoisotopic (exact) mass is 406 g/mol. The highest BCUT2D eigenvalue weighted by atomic mass is 35.5. The lowest BCUT2D eigenvalue weighted by molar-refractivity contribution is -0.137. The Bertz CT molecular complexity index is 1100. The SMILES string of the molecule is FC(F)(F)c1ccc2c(c1)nc(COc1ccccc1Cl)n2Cc1ccco1. The minimum absolute atomic E-state index is 0.0421. The van der Waals surface area contributed by atoms with E-state index in [0.29, 0.717) is 34.4 Å². The molecule has 2 aromatic heterocycles. The Morgan fingerprint density at radius 2 is 1.89 bits per heavy atom. The number of rotatable bonds is 5. The van der Waals surface area contributed by atoms with E-state index in [2.05, 4.69) is 4.98 Å². The fourth-order valence-corrected chi connectivity index (χ4v) is 3.10. The molecule has 0 N–H and O–H groups in total. The molecule has 0 saturated carbocycles. The van der Waals surface area contributed by atoms with Gasteiger partial charge < -0.3 is 13.7 Å². The summed E-state index contributed by atoms with van der Waals surface area (Å²) in [5.74, 6) is 1.58. The number of halogens is 4. The average Bonchev–Trinajstić information content (AvgIpc) is 3.28. The highest BCUT2D eigenvalue weighted by Gasteiger charge is 2.31. The van der Waals surface area contributed by atoms with Crippen LogP contribution in [0.25, 0.3) is 11.0 Å². The Balaban J connectivity index is 1.73. The molecule has 4 rings (SSSR count). The largest absolute Gasteiger partial charge is 0.484 e. The van der Waals surface area contributed by atoms with Crippen LogP contribution in [0.5, 0.6) is 5.75 Å². The van der Waals surface area contributed by atoms with Crippen LogP contribution < -0.4 is 4.74 Å². The molecule has 144 valence electrons. The van der Waals surface area contributed by atoms with E-state index in [1.165, 1.54) is 12.3 Å². The molecular formula is C20H14ClF3N2O2. The van der Waals surface area contributed by atoms with Crippen molar-refractivity contribution in [3.8, 4) is 5.75 Å². The number of hydrogen-bond acceptors (Lipinski definition) is 3. The maximum atomic E-state index is 13.1. The molecule has 2 heterocycles. The van der Waals surface area contributed by atoms with Crippen LogP contribution in [0.3, 0.4) is 0 Å². The summed E-state index contributed by atoms with van der Waals surface area (Å²) in [6.07, 6.45) is -2.90. The van der Waals surface area contributed by atoms with E-state index in [9.17, 15) is 13.2 Å². The van der Waals surface area contributed by atoms with Gasteiger partial charge in [-0.25, -0.2) is 4.98 Å². The van der Waals surface area contributed by atoms with Gasteiger partial charge in [0.05, 0.1) is 34.4 Å². The number of hydrogen-bond donors (Lipinski definition) is 0. The van der Waals surface area contributed by atoms with Crippen LogP contribution in [-0.2, 0) is 19.3 Å². The Hall–Kier alpha value is -2.93. The first-order chi connectivity index (χ1) is 13.4. The Morgan fingerprint density at radius 3 is 2.61 bits per heavy atom. The minimum Gasteiger partial charge on any atom is -0.484 e. The van der Waals surface area contributed by atoms with Gasteiger partial charge in [-0.05, 0) is 42.5 Å². The molecule has 0 aliphatic heterocycles. The van der Waals surface area contributed by atoms with E-state index >= 15 is 0 Å². The molecule has 4 nitrogen and oxygen atoms in total. The van der Waals surface area contributed by atoms with Crippen LogP contribution >= 0.6 is 11.6 Å². The second-order valence-electron chi connectivity index (χ2n) is 6.11. The van der Waals surface area contributed by atoms with Gasteiger partial charge in [0.15, 0.2) is 0 Å². The topological polar surface area (TPSA) is 40.2 Å². The number of nitrogens with zero attached hydrogens (tertiary/aromatic N) is 2. The molecule has 0 atom stereocenters. The summed E-state index contributed by atoms with van der Waals surface area (Å²) in [4.78, 5) is 4.37. The van der Waals surface area contributed by atoms with Gasteiger partial charge in [-0.3, -0.25) is 0 Å². The molecule has 0 amide bonds. The zero-order valence-electron chi connectivity index (χ0n) is 14.4. The van der Waals surface area contributed by atoms with Crippen molar-refractivity contribution < 1.29 is 22.3 Å². The molecule has 0 aliphatic rings. The molecule has 0 spiro atoms. The van der Waals surface area contributed by atoms with Gasteiger partial charge in [-0.1, -0.05) is 23.7 Å². The van der Waals surface area contributed by atoms with Crippen molar-refractivity contribution in [3.05, 3.63) is 83.0 Å². The summed E-state index contributed by atoms with van der Waals surface area (Å²) in [7, 11) is 0. The molecule has 0 fully saturated rings. The predicted molar refractivity (Wildman–Crippen MR) is 98.3 cm³/mol. The number of furan rings is 1.